The standard InChI is InChI=1S/C24H28N2O/c1-16(2)15-27-22-10-6-9-21-19-7-5-8-20(19)23(25-24(21)22)17-11-13-18(14-12-17)26(3)4/h5-7,9-14,19-20,23,25H,1,8,15H2,2-4H3. The van der Waals surface area contributed by atoms with Crippen molar-refractivity contribution in [2.75, 3.05) is 30.9 Å². The largest absolute Gasteiger partial charge is 0.487 e. The number of rotatable bonds is 5. The van der Waals surface area contributed by atoms with Gasteiger partial charge in [0.15, 0.2) is 0 Å². The highest BCUT2D eigenvalue weighted by Crippen LogP contribution is 2.52. The molecule has 3 heteroatoms. The van der Waals surface area contributed by atoms with Crippen molar-refractivity contribution in [3.05, 3.63) is 77.9 Å². The number of nitrogens with zero attached hydrogens (tertiary/aromatic N) is 1. The SMILES string of the molecule is C=C(C)COc1cccc2c1NC(c1ccc(N(C)C)cc1)C1CC=CC21. The van der Waals surface area contributed by atoms with E-state index < -0.39 is 0 Å². The Kier molecular flexibility index (Phi) is 4.69. The molecule has 0 amide bonds. The lowest BCUT2D eigenvalue weighted by atomic mass is 9.77. The Balaban J connectivity index is 1.70. The van der Waals surface area contributed by atoms with Crippen LogP contribution < -0.4 is 15.0 Å². The molecule has 0 saturated carbocycles. The molecule has 1 aliphatic heterocycles. The number of anilines is 2. The first-order valence-electron chi connectivity index (χ1n) is 9.65. The van der Waals surface area contributed by atoms with E-state index in [4.69, 9.17) is 4.74 Å². The highest BCUT2D eigenvalue weighted by Gasteiger charge is 2.38. The smallest absolute Gasteiger partial charge is 0.143 e. The van der Waals surface area contributed by atoms with Gasteiger partial charge >= 0.3 is 0 Å². The maximum atomic E-state index is 6.06. The summed E-state index contributed by atoms with van der Waals surface area (Å²) in [6, 6.07) is 15.6. The molecular weight excluding hydrogens is 332 g/mol. The fourth-order valence-electron chi connectivity index (χ4n) is 4.22. The third-order valence-electron chi connectivity index (χ3n) is 5.60. The first-order chi connectivity index (χ1) is 13.0. The van der Waals surface area contributed by atoms with Crippen molar-refractivity contribution in [3.8, 4) is 5.75 Å². The van der Waals surface area contributed by atoms with Crippen molar-refractivity contribution in [2.45, 2.75) is 25.3 Å². The van der Waals surface area contributed by atoms with Gasteiger partial charge in [0.1, 0.15) is 12.4 Å². The summed E-state index contributed by atoms with van der Waals surface area (Å²) >= 11 is 0. The normalized spacial score (nSPS) is 22.6. The average Bonchev–Trinajstić information content (AvgIpc) is 3.15. The van der Waals surface area contributed by atoms with E-state index in [1.807, 2.05) is 6.92 Å². The molecule has 2 aromatic carbocycles. The average molecular weight is 361 g/mol. The number of fused-ring (bicyclic) bond motifs is 3. The van der Waals surface area contributed by atoms with E-state index in [2.05, 4.69) is 85.5 Å². The molecule has 0 radical (unpaired) electrons. The molecule has 0 saturated heterocycles. The molecule has 0 aromatic heterocycles. The van der Waals surface area contributed by atoms with Crippen molar-refractivity contribution >= 4 is 11.4 Å². The van der Waals surface area contributed by atoms with E-state index in [1.165, 1.54) is 16.8 Å². The van der Waals surface area contributed by atoms with E-state index in [-0.39, 0.29) is 6.04 Å². The Morgan fingerprint density at radius 2 is 1.96 bits per heavy atom. The van der Waals surface area contributed by atoms with Gasteiger partial charge in [-0.15, -0.1) is 0 Å². The van der Waals surface area contributed by atoms with Crippen molar-refractivity contribution in [2.24, 2.45) is 5.92 Å². The second-order valence-corrected chi connectivity index (χ2v) is 7.93. The minimum atomic E-state index is 0.281. The summed E-state index contributed by atoms with van der Waals surface area (Å²) in [4.78, 5) is 2.14. The van der Waals surface area contributed by atoms with Gasteiger partial charge in [-0.25, -0.2) is 0 Å². The monoisotopic (exact) mass is 360 g/mol. The lowest BCUT2D eigenvalue weighted by Crippen LogP contribution is -2.29. The van der Waals surface area contributed by atoms with Crippen LogP contribution in [0.2, 0.25) is 0 Å². The molecular formula is C24H28N2O. The number of allylic oxidation sites excluding steroid dienone is 2. The maximum absolute atomic E-state index is 6.06. The summed E-state index contributed by atoms with van der Waals surface area (Å²) in [5, 5.41) is 3.82. The van der Waals surface area contributed by atoms with Crippen LogP contribution in [0, 0.1) is 5.92 Å². The Bertz CT molecular complexity index is 866. The van der Waals surface area contributed by atoms with Crippen LogP contribution >= 0.6 is 0 Å². The van der Waals surface area contributed by atoms with Gasteiger partial charge in [-0.2, -0.15) is 0 Å². The molecule has 1 heterocycles. The van der Waals surface area contributed by atoms with Crippen molar-refractivity contribution in [1.29, 1.82) is 0 Å². The Morgan fingerprint density at radius 3 is 2.67 bits per heavy atom. The molecule has 1 N–H and O–H groups in total. The van der Waals surface area contributed by atoms with Crippen LogP contribution in [0.1, 0.15) is 36.4 Å². The molecule has 27 heavy (non-hydrogen) atoms. The van der Waals surface area contributed by atoms with Gasteiger partial charge in [-0.1, -0.05) is 43.0 Å². The second-order valence-electron chi connectivity index (χ2n) is 7.93. The van der Waals surface area contributed by atoms with E-state index >= 15 is 0 Å². The summed E-state index contributed by atoms with van der Waals surface area (Å²) in [6.45, 7) is 6.50. The first kappa shape index (κ1) is 17.7. The summed E-state index contributed by atoms with van der Waals surface area (Å²) in [7, 11) is 4.15. The number of hydrogen-bond donors (Lipinski definition) is 1. The van der Waals surface area contributed by atoms with E-state index in [0.717, 1.165) is 23.4 Å². The zero-order chi connectivity index (χ0) is 19.0. The van der Waals surface area contributed by atoms with Gasteiger partial charge in [0, 0.05) is 25.7 Å². The van der Waals surface area contributed by atoms with E-state index in [9.17, 15) is 0 Å². The minimum Gasteiger partial charge on any atom is -0.487 e. The van der Waals surface area contributed by atoms with E-state index in [1.54, 1.807) is 0 Å². The third-order valence-corrected chi connectivity index (χ3v) is 5.60. The van der Waals surface area contributed by atoms with Gasteiger partial charge in [-0.05, 0) is 54.2 Å². The molecule has 140 valence electrons. The second kappa shape index (κ2) is 7.15. The highest BCUT2D eigenvalue weighted by atomic mass is 16.5. The fourth-order valence-corrected chi connectivity index (χ4v) is 4.22. The topological polar surface area (TPSA) is 24.5 Å². The molecule has 1 aliphatic carbocycles. The van der Waals surface area contributed by atoms with Gasteiger partial charge in [-0.3, -0.25) is 0 Å². The predicted molar refractivity (Wildman–Crippen MR) is 114 cm³/mol. The Labute approximate surface area is 162 Å². The molecule has 2 aliphatic rings. The zero-order valence-corrected chi connectivity index (χ0v) is 16.4. The van der Waals surface area contributed by atoms with Gasteiger partial charge < -0.3 is 15.0 Å². The van der Waals surface area contributed by atoms with Crippen LogP contribution in [0.15, 0.2) is 66.8 Å². The predicted octanol–water partition coefficient (Wildman–Crippen LogP) is 5.53. The summed E-state index contributed by atoms with van der Waals surface area (Å²) in [5.41, 5.74) is 6.06. The maximum Gasteiger partial charge on any atom is 0.143 e. The van der Waals surface area contributed by atoms with Crippen molar-refractivity contribution < 1.29 is 4.74 Å². The van der Waals surface area contributed by atoms with Crippen LogP contribution in [0.4, 0.5) is 11.4 Å². The van der Waals surface area contributed by atoms with Crippen LogP contribution in [0.5, 0.6) is 5.75 Å². The van der Waals surface area contributed by atoms with Crippen LogP contribution in [-0.2, 0) is 0 Å². The van der Waals surface area contributed by atoms with Gasteiger partial charge in [0.2, 0.25) is 0 Å². The highest BCUT2D eigenvalue weighted by molar-refractivity contribution is 5.68. The van der Waals surface area contributed by atoms with E-state index in [0.29, 0.717) is 18.4 Å². The molecule has 4 rings (SSSR count). The van der Waals surface area contributed by atoms with Crippen LogP contribution in [0.3, 0.4) is 0 Å². The van der Waals surface area contributed by atoms with Crippen molar-refractivity contribution in [1.82, 2.24) is 0 Å². The summed E-state index contributed by atoms with van der Waals surface area (Å²) in [5.74, 6) is 1.90. The van der Waals surface area contributed by atoms with Crippen LogP contribution in [-0.4, -0.2) is 20.7 Å². The molecule has 3 atom stereocenters. The molecule has 0 bridgehead atoms. The lowest BCUT2D eigenvalue weighted by Gasteiger charge is -2.38. The quantitative estimate of drug-likeness (QED) is 0.709. The molecule has 3 unspecified atom stereocenters. The number of ether oxygens (including phenoxy) is 1. The summed E-state index contributed by atoms with van der Waals surface area (Å²) < 4.78 is 6.06. The first-order valence-corrected chi connectivity index (χ1v) is 9.65. The minimum absolute atomic E-state index is 0.281. The number of nitrogens with one attached hydrogen (secondary N) is 1. The van der Waals surface area contributed by atoms with Gasteiger partial charge in [0.25, 0.3) is 0 Å². The number of para-hydroxylation sites is 1. The molecule has 0 fully saturated rings. The van der Waals surface area contributed by atoms with Crippen molar-refractivity contribution in [3.63, 3.8) is 0 Å². The number of hydrogen-bond acceptors (Lipinski definition) is 3. The Morgan fingerprint density at radius 1 is 1.19 bits per heavy atom. The van der Waals surface area contributed by atoms with Gasteiger partial charge in [0.05, 0.1) is 11.7 Å². The third kappa shape index (κ3) is 3.34. The zero-order valence-electron chi connectivity index (χ0n) is 16.4. The summed E-state index contributed by atoms with van der Waals surface area (Å²) in [6.07, 6.45) is 5.80. The fraction of sp³-hybridized carbons (Fsp3) is 0.333. The molecule has 0 spiro atoms. The molecule has 2 aromatic rings. The Hall–Kier alpha value is -2.68. The lowest BCUT2D eigenvalue weighted by molar-refractivity contribution is 0.348. The molecule has 3 nitrogen and oxygen atoms in total. The van der Waals surface area contributed by atoms with Crippen LogP contribution in [0.25, 0.3) is 0 Å². The number of benzene rings is 2.